The summed E-state index contributed by atoms with van der Waals surface area (Å²) in [6.07, 6.45) is 3.00. The molecule has 0 spiro atoms. The number of hydrogen-bond acceptors (Lipinski definition) is 5. The van der Waals surface area contributed by atoms with E-state index in [0.717, 1.165) is 5.56 Å². The Morgan fingerprint density at radius 1 is 1.22 bits per heavy atom. The normalized spacial score (nSPS) is 11.4. The van der Waals surface area contributed by atoms with Gasteiger partial charge in [0.15, 0.2) is 0 Å². The average Bonchev–Trinajstić information content (AvgIpc) is 2.60. The molecule has 144 valence electrons. The number of amides is 1. The number of rotatable bonds is 7. The van der Waals surface area contributed by atoms with Crippen molar-refractivity contribution in [3.63, 3.8) is 0 Å². The molecular weight excluding hydrogens is 366 g/mol. The summed E-state index contributed by atoms with van der Waals surface area (Å²) in [6, 6.07) is 11.7. The number of primary sulfonamides is 1. The van der Waals surface area contributed by atoms with Gasteiger partial charge in [-0.3, -0.25) is 4.79 Å². The number of para-hydroxylation sites is 1. The van der Waals surface area contributed by atoms with Gasteiger partial charge in [0, 0.05) is 25.7 Å². The maximum atomic E-state index is 12.4. The molecule has 27 heavy (non-hydrogen) atoms. The number of carbonyl (C=O) groups excluding carboxylic acids is 1. The van der Waals surface area contributed by atoms with Crippen LogP contribution in [0.15, 0.2) is 53.4 Å². The van der Waals surface area contributed by atoms with E-state index in [1.807, 2.05) is 31.2 Å². The molecule has 0 unspecified atom stereocenters. The molecule has 3 N–H and O–H groups in total. The van der Waals surface area contributed by atoms with Crippen LogP contribution in [-0.2, 0) is 14.8 Å². The summed E-state index contributed by atoms with van der Waals surface area (Å²) in [5, 5.41) is 7.88. The zero-order valence-electron chi connectivity index (χ0n) is 15.5. The van der Waals surface area contributed by atoms with E-state index in [1.54, 1.807) is 31.1 Å². The van der Waals surface area contributed by atoms with E-state index in [4.69, 9.17) is 9.88 Å². The van der Waals surface area contributed by atoms with Crippen molar-refractivity contribution in [2.45, 2.75) is 11.8 Å². The summed E-state index contributed by atoms with van der Waals surface area (Å²) in [6.45, 7) is 2.40. The molecule has 0 aliphatic rings. The average molecular weight is 389 g/mol. The molecule has 2 rings (SSSR count). The Kier molecular flexibility index (Phi) is 6.59. The Labute approximate surface area is 159 Å². The van der Waals surface area contributed by atoms with Gasteiger partial charge in [-0.2, -0.15) is 0 Å². The fraction of sp³-hybridized carbons (Fsp3) is 0.211. The number of nitrogens with one attached hydrogen (secondary N) is 1. The summed E-state index contributed by atoms with van der Waals surface area (Å²) < 4.78 is 28.7. The van der Waals surface area contributed by atoms with Crippen LogP contribution in [0.4, 0.5) is 11.4 Å². The number of anilines is 2. The second-order valence-electron chi connectivity index (χ2n) is 5.91. The number of carbonyl (C=O) groups is 1. The van der Waals surface area contributed by atoms with Crippen LogP contribution in [0.25, 0.3) is 6.08 Å². The molecule has 0 saturated carbocycles. The topological polar surface area (TPSA) is 102 Å². The van der Waals surface area contributed by atoms with Gasteiger partial charge < -0.3 is 15.0 Å². The van der Waals surface area contributed by atoms with E-state index < -0.39 is 15.9 Å². The Bertz CT molecular complexity index is 953. The standard InChI is InChI=1S/C19H23N3O4S/c1-4-26-18-8-6-5-7-14(18)9-12-19(23)21-16-13-15(27(20,24)25)10-11-17(16)22(2)3/h5-13H,4H2,1-3H3,(H,21,23)(H2,20,24,25)/b12-9+. The van der Waals surface area contributed by atoms with E-state index in [2.05, 4.69) is 5.32 Å². The first kappa shape index (κ1) is 20.5. The predicted octanol–water partition coefficient (Wildman–Crippen LogP) is 2.45. The smallest absolute Gasteiger partial charge is 0.248 e. The van der Waals surface area contributed by atoms with Gasteiger partial charge in [0.05, 0.1) is 22.9 Å². The summed E-state index contributed by atoms with van der Waals surface area (Å²) in [7, 11) is -0.300. The van der Waals surface area contributed by atoms with Gasteiger partial charge in [0.25, 0.3) is 0 Å². The molecule has 0 radical (unpaired) electrons. The fourth-order valence-electron chi connectivity index (χ4n) is 2.43. The lowest BCUT2D eigenvalue weighted by Crippen LogP contribution is -2.17. The van der Waals surface area contributed by atoms with E-state index in [9.17, 15) is 13.2 Å². The first-order chi connectivity index (χ1) is 12.7. The van der Waals surface area contributed by atoms with Gasteiger partial charge in [-0.05, 0) is 37.3 Å². The van der Waals surface area contributed by atoms with Crippen LogP contribution in [0.5, 0.6) is 5.75 Å². The van der Waals surface area contributed by atoms with Crippen molar-refractivity contribution in [1.82, 2.24) is 0 Å². The highest BCUT2D eigenvalue weighted by Gasteiger charge is 2.14. The van der Waals surface area contributed by atoms with Crippen LogP contribution in [0.3, 0.4) is 0 Å². The lowest BCUT2D eigenvalue weighted by Gasteiger charge is -2.18. The molecular formula is C19H23N3O4S. The minimum absolute atomic E-state index is 0.0749. The lowest BCUT2D eigenvalue weighted by molar-refractivity contribution is -0.111. The molecule has 7 nitrogen and oxygen atoms in total. The highest BCUT2D eigenvalue weighted by atomic mass is 32.2. The van der Waals surface area contributed by atoms with E-state index in [-0.39, 0.29) is 4.90 Å². The molecule has 2 aromatic rings. The molecule has 0 aliphatic heterocycles. The van der Waals surface area contributed by atoms with Crippen molar-refractivity contribution >= 4 is 33.4 Å². The molecule has 8 heteroatoms. The van der Waals surface area contributed by atoms with Gasteiger partial charge in [-0.1, -0.05) is 18.2 Å². The van der Waals surface area contributed by atoms with Crippen molar-refractivity contribution in [3.05, 3.63) is 54.1 Å². The largest absolute Gasteiger partial charge is 0.493 e. The maximum Gasteiger partial charge on any atom is 0.248 e. The van der Waals surface area contributed by atoms with Crippen LogP contribution < -0.4 is 20.1 Å². The second kappa shape index (κ2) is 8.70. The molecule has 0 aromatic heterocycles. The van der Waals surface area contributed by atoms with Crippen LogP contribution in [-0.4, -0.2) is 35.0 Å². The third kappa shape index (κ3) is 5.57. The first-order valence-electron chi connectivity index (χ1n) is 8.27. The van der Waals surface area contributed by atoms with Crippen molar-refractivity contribution in [2.24, 2.45) is 5.14 Å². The number of nitrogens with zero attached hydrogens (tertiary/aromatic N) is 1. The third-order valence-corrected chi connectivity index (χ3v) is 4.58. The van der Waals surface area contributed by atoms with Gasteiger partial charge in [-0.15, -0.1) is 0 Å². The lowest BCUT2D eigenvalue weighted by atomic mass is 10.2. The Hall–Kier alpha value is -2.84. The zero-order chi connectivity index (χ0) is 20.0. The number of sulfonamides is 1. The molecule has 0 atom stereocenters. The Morgan fingerprint density at radius 2 is 1.93 bits per heavy atom. The van der Waals surface area contributed by atoms with Crippen molar-refractivity contribution in [2.75, 3.05) is 30.9 Å². The van der Waals surface area contributed by atoms with Crippen molar-refractivity contribution in [3.8, 4) is 5.75 Å². The molecule has 0 aliphatic carbocycles. The van der Waals surface area contributed by atoms with Crippen LogP contribution >= 0.6 is 0 Å². The van der Waals surface area contributed by atoms with Crippen LogP contribution in [0.2, 0.25) is 0 Å². The highest BCUT2D eigenvalue weighted by molar-refractivity contribution is 7.89. The number of hydrogen-bond donors (Lipinski definition) is 2. The monoisotopic (exact) mass is 389 g/mol. The number of nitrogens with two attached hydrogens (primary N) is 1. The summed E-state index contributed by atoms with van der Waals surface area (Å²) in [4.78, 5) is 14.0. The Balaban J connectivity index is 2.27. The summed E-state index contributed by atoms with van der Waals surface area (Å²) >= 11 is 0. The van der Waals surface area contributed by atoms with E-state index in [1.165, 1.54) is 18.2 Å². The summed E-state index contributed by atoms with van der Waals surface area (Å²) in [5.74, 6) is 0.269. The quantitative estimate of drug-likeness (QED) is 0.708. The van der Waals surface area contributed by atoms with Crippen molar-refractivity contribution in [1.29, 1.82) is 0 Å². The fourth-order valence-corrected chi connectivity index (χ4v) is 2.97. The third-order valence-electron chi connectivity index (χ3n) is 3.67. The molecule has 2 aromatic carbocycles. The molecule has 0 fully saturated rings. The van der Waals surface area contributed by atoms with E-state index in [0.29, 0.717) is 23.7 Å². The predicted molar refractivity (Wildman–Crippen MR) is 107 cm³/mol. The van der Waals surface area contributed by atoms with Gasteiger partial charge >= 0.3 is 0 Å². The van der Waals surface area contributed by atoms with Crippen LogP contribution in [0, 0.1) is 0 Å². The van der Waals surface area contributed by atoms with Crippen LogP contribution in [0.1, 0.15) is 12.5 Å². The first-order valence-corrected chi connectivity index (χ1v) is 9.82. The zero-order valence-corrected chi connectivity index (χ0v) is 16.3. The number of benzene rings is 2. The highest BCUT2D eigenvalue weighted by Crippen LogP contribution is 2.27. The van der Waals surface area contributed by atoms with E-state index >= 15 is 0 Å². The molecule has 0 heterocycles. The summed E-state index contributed by atoms with van der Waals surface area (Å²) in [5.41, 5.74) is 1.76. The molecule has 0 saturated heterocycles. The SMILES string of the molecule is CCOc1ccccc1/C=C/C(=O)Nc1cc(S(N)(=O)=O)ccc1N(C)C. The molecule has 0 bridgehead atoms. The minimum atomic E-state index is -3.88. The van der Waals surface area contributed by atoms with Gasteiger partial charge in [-0.25, -0.2) is 13.6 Å². The minimum Gasteiger partial charge on any atom is -0.493 e. The van der Waals surface area contributed by atoms with Gasteiger partial charge in [0.2, 0.25) is 15.9 Å². The maximum absolute atomic E-state index is 12.4. The Morgan fingerprint density at radius 3 is 2.56 bits per heavy atom. The molecule has 1 amide bonds. The second-order valence-corrected chi connectivity index (χ2v) is 7.47. The van der Waals surface area contributed by atoms with Gasteiger partial charge in [0.1, 0.15) is 5.75 Å². The van der Waals surface area contributed by atoms with Crippen molar-refractivity contribution < 1.29 is 17.9 Å². The number of ether oxygens (including phenoxy) is 1.